The number of aliphatic hydroxyl groups excluding tert-OH is 1. The summed E-state index contributed by atoms with van der Waals surface area (Å²) in [6.07, 6.45) is 0. The topological polar surface area (TPSA) is 29.5 Å². The fraction of sp³-hybridized carbons (Fsp3) is 0.200. The molecular weight excluding hydrogens is 383 g/mol. The van der Waals surface area contributed by atoms with E-state index in [1.807, 2.05) is 0 Å². The van der Waals surface area contributed by atoms with Crippen LogP contribution in [-0.2, 0) is 6.61 Å². The Balaban J connectivity index is 2.88. The Morgan fingerprint density at radius 3 is 2.38 bits per heavy atom. The summed E-state index contributed by atoms with van der Waals surface area (Å²) in [6.45, 7) is 0.167. The third-order valence-electron chi connectivity index (χ3n) is 1.71. The highest BCUT2D eigenvalue weighted by Crippen LogP contribution is 2.35. The van der Waals surface area contributed by atoms with Crippen LogP contribution in [0.5, 0.6) is 5.75 Å². The first-order valence-corrected chi connectivity index (χ1v) is 6.65. The number of hydrogen-bond acceptors (Lipinski definition) is 2. The molecule has 1 aromatic rings. The lowest BCUT2D eigenvalue weighted by atomic mass is 10.2. The monoisotopic (exact) mass is 388 g/mol. The SMILES string of the molecule is OCc1cc(Br)c(OC/C(Cl)=C/Cl)c(Br)c1. The Morgan fingerprint density at radius 2 is 1.94 bits per heavy atom. The quantitative estimate of drug-likeness (QED) is 0.825. The Morgan fingerprint density at radius 1 is 1.38 bits per heavy atom. The molecule has 0 heterocycles. The Hall–Kier alpha value is 0.260. The third kappa shape index (κ3) is 3.93. The Kier molecular flexibility index (Phi) is 6.15. The minimum Gasteiger partial charge on any atom is -0.486 e. The normalized spacial score (nSPS) is 11.7. The molecule has 1 rings (SSSR count). The molecule has 0 aromatic heterocycles. The van der Waals surface area contributed by atoms with Crippen molar-refractivity contribution < 1.29 is 9.84 Å². The zero-order chi connectivity index (χ0) is 12.1. The second-order valence-electron chi connectivity index (χ2n) is 2.89. The molecule has 0 spiro atoms. The molecule has 0 atom stereocenters. The van der Waals surface area contributed by atoms with Gasteiger partial charge in [0.05, 0.1) is 20.6 Å². The lowest BCUT2D eigenvalue weighted by molar-refractivity contribution is 0.281. The highest BCUT2D eigenvalue weighted by Gasteiger charge is 2.09. The minimum atomic E-state index is -0.0280. The largest absolute Gasteiger partial charge is 0.486 e. The number of aliphatic hydroxyl groups is 1. The fourth-order valence-corrected chi connectivity index (χ4v) is 2.64. The van der Waals surface area contributed by atoms with Crippen molar-refractivity contribution in [2.24, 2.45) is 0 Å². The highest BCUT2D eigenvalue weighted by molar-refractivity contribution is 9.11. The van der Waals surface area contributed by atoms with Gasteiger partial charge in [0.25, 0.3) is 0 Å². The fourth-order valence-electron chi connectivity index (χ4n) is 1.01. The summed E-state index contributed by atoms with van der Waals surface area (Å²) in [5.74, 6) is 0.619. The van der Waals surface area contributed by atoms with E-state index in [4.69, 9.17) is 33.0 Å². The predicted molar refractivity (Wildman–Crippen MR) is 73.0 cm³/mol. The second-order valence-corrected chi connectivity index (χ2v) is 5.30. The van der Waals surface area contributed by atoms with Crippen LogP contribution >= 0.6 is 55.1 Å². The van der Waals surface area contributed by atoms with Gasteiger partial charge in [-0.25, -0.2) is 0 Å². The maximum Gasteiger partial charge on any atom is 0.148 e. The van der Waals surface area contributed by atoms with E-state index in [1.165, 1.54) is 5.54 Å². The van der Waals surface area contributed by atoms with Gasteiger partial charge < -0.3 is 9.84 Å². The molecular formula is C10H8Br2Cl2O2. The van der Waals surface area contributed by atoms with Gasteiger partial charge in [-0.2, -0.15) is 0 Å². The predicted octanol–water partition coefficient (Wildman–Crippen LogP) is 4.40. The third-order valence-corrected chi connectivity index (χ3v) is 3.48. The van der Waals surface area contributed by atoms with Crippen molar-refractivity contribution in [3.05, 3.63) is 37.2 Å². The van der Waals surface area contributed by atoms with E-state index in [-0.39, 0.29) is 13.2 Å². The average molecular weight is 391 g/mol. The van der Waals surface area contributed by atoms with E-state index in [0.717, 1.165) is 14.5 Å². The van der Waals surface area contributed by atoms with Gasteiger partial charge in [-0.05, 0) is 49.6 Å². The van der Waals surface area contributed by atoms with E-state index in [0.29, 0.717) is 10.8 Å². The molecule has 0 aliphatic carbocycles. The van der Waals surface area contributed by atoms with Crippen molar-refractivity contribution in [1.82, 2.24) is 0 Å². The molecule has 0 unspecified atom stereocenters. The standard InChI is InChI=1S/C10H8Br2Cl2O2/c11-8-1-6(4-15)2-9(12)10(8)16-5-7(14)3-13/h1-3,15H,4-5H2/b7-3-. The van der Waals surface area contributed by atoms with Crippen LogP contribution in [0.2, 0.25) is 0 Å². The minimum absolute atomic E-state index is 0.0280. The molecule has 0 saturated carbocycles. The smallest absolute Gasteiger partial charge is 0.148 e. The zero-order valence-electron chi connectivity index (χ0n) is 8.01. The van der Waals surface area contributed by atoms with Crippen LogP contribution in [0.25, 0.3) is 0 Å². The Bertz CT molecular complexity index is 385. The summed E-state index contributed by atoms with van der Waals surface area (Å²) in [5.41, 5.74) is 2.04. The van der Waals surface area contributed by atoms with Crippen molar-refractivity contribution in [2.45, 2.75) is 6.61 Å². The van der Waals surface area contributed by atoms with E-state index in [2.05, 4.69) is 31.9 Å². The van der Waals surface area contributed by atoms with Crippen LogP contribution in [0, 0.1) is 0 Å². The van der Waals surface area contributed by atoms with Gasteiger partial charge in [0.1, 0.15) is 12.4 Å². The molecule has 1 aromatic carbocycles. The van der Waals surface area contributed by atoms with E-state index >= 15 is 0 Å². The summed E-state index contributed by atoms with van der Waals surface area (Å²) in [6, 6.07) is 3.55. The first-order chi connectivity index (χ1) is 7.58. The van der Waals surface area contributed by atoms with Crippen molar-refractivity contribution in [2.75, 3.05) is 6.61 Å². The van der Waals surface area contributed by atoms with Crippen LogP contribution in [0.3, 0.4) is 0 Å². The van der Waals surface area contributed by atoms with Gasteiger partial charge in [-0.15, -0.1) is 0 Å². The average Bonchev–Trinajstić information content (AvgIpc) is 2.27. The van der Waals surface area contributed by atoms with Gasteiger partial charge in [0.15, 0.2) is 0 Å². The summed E-state index contributed by atoms with van der Waals surface area (Å²) in [4.78, 5) is 0. The summed E-state index contributed by atoms with van der Waals surface area (Å²) < 4.78 is 6.94. The summed E-state index contributed by atoms with van der Waals surface area (Å²) >= 11 is 17.8. The summed E-state index contributed by atoms with van der Waals surface area (Å²) in [5, 5.41) is 9.41. The zero-order valence-corrected chi connectivity index (χ0v) is 12.7. The molecule has 0 bridgehead atoms. The maximum atomic E-state index is 9.00. The highest BCUT2D eigenvalue weighted by atomic mass is 79.9. The molecule has 0 radical (unpaired) electrons. The second kappa shape index (κ2) is 6.87. The van der Waals surface area contributed by atoms with Gasteiger partial charge in [-0.1, -0.05) is 23.2 Å². The van der Waals surface area contributed by atoms with E-state index < -0.39 is 0 Å². The molecule has 2 nitrogen and oxygen atoms in total. The van der Waals surface area contributed by atoms with E-state index in [9.17, 15) is 0 Å². The number of hydrogen-bond donors (Lipinski definition) is 1. The number of rotatable bonds is 4. The molecule has 0 aliphatic heterocycles. The number of halogens is 4. The summed E-state index contributed by atoms with van der Waals surface area (Å²) in [7, 11) is 0. The van der Waals surface area contributed by atoms with Gasteiger partial charge >= 0.3 is 0 Å². The molecule has 16 heavy (non-hydrogen) atoms. The van der Waals surface area contributed by atoms with Crippen molar-refractivity contribution in [3.8, 4) is 5.75 Å². The molecule has 0 fully saturated rings. The lowest BCUT2D eigenvalue weighted by Crippen LogP contribution is -1.99. The van der Waals surface area contributed by atoms with Crippen LogP contribution < -0.4 is 4.74 Å². The first-order valence-electron chi connectivity index (χ1n) is 4.24. The van der Waals surface area contributed by atoms with Crippen LogP contribution in [-0.4, -0.2) is 11.7 Å². The molecule has 0 saturated heterocycles. The number of ether oxygens (including phenoxy) is 1. The van der Waals surface area contributed by atoms with Gasteiger partial charge in [-0.3, -0.25) is 0 Å². The maximum absolute atomic E-state index is 9.00. The van der Waals surface area contributed by atoms with Crippen LogP contribution in [0.1, 0.15) is 5.56 Å². The van der Waals surface area contributed by atoms with Crippen LogP contribution in [0.4, 0.5) is 0 Å². The molecule has 0 aliphatic rings. The lowest BCUT2D eigenvalue weighted by Gasteiger charge is -2.11. The first kappa shape index (κ1) is 14.3. The van der Waals surface area contributed by atoms with Crippen molar-refractivity contribution in [3.63, 3.8) is 0 Å². The molecule has 88 valence electrons. The van der Waals surface area contributed by atoms with Gasteiger partial charge in [0, 0.05) is 5.54 Å². The molecule has 0 amide bonds. The van der Waals surface area contributed by atoms with Gasteiger partial charge in [0.2, 0.25) is 0 Å². The van der Waals surface area contributed by atoms with Crippen LogP contribution in [0.15, 0.2) is 31.6 Å². The van der Waals surface area contributed by atoms with Crippen molar-refractivity contribution in [1.29, 1.82) is 0 Å². The van der Waals surface area contributed by atoms with Crippen molar-refractivity contribution >= 4 is 55.1 Å². The Labute approximate surface area is 120 Å². The number of benzene rings is 1. The molecule has 1 N–H and O–H groups in total. The van der Waals surface area contributed by atoms with E-state index in [1.54, 1.807) is 12.1 Å². The molecule has 6 heteroatoms.